The normalized spacial score (nSPS) is 27.1. The van der Waals surface area contributed by atoms with Crippen molar-refractivity contribution < 1.29 is 9.94 Å². The van der Waals surface area contributed by atoms with Crippen molar-refractivity contribution in [3.63, 3.8) is 0 Å². The number of hydrogen-bond donors (Lipinski definition) is 1. The van der Waals surface area contributed by atoms with E-state index in [1.807, 2.05) is 12.1 Å². The van der Waals surface area contributed by atoms with E-state index in [1.54, 1.807) is 7.11 Å². The van der Waals surface area contributed by atoms with Gasteiger partial charge < -0.3 is 9.94 Å². The van der Waals surface area contributed by atoms with E-state index in [0.717, 1.165) is 24.3 Å². The van der Waals surface area contributed by atoms with Gasteiger partial charge in [-0.15, -0.1) is 0 Å². The second-order valence-electron chi connectivity index (χ2n) is 4.71. The second-order valence-corrected chi connectivity index (χ2v) is 4.71. The van der Waals surface area contributed by atoms with E-state index in [1.165, 1.54) is 12.0 Å². The molecule has 0 radical (unpaired) electrons. The summed E-state index contributed by atoms with van der Waals surface area (Å²) >= 11 is 0. The molecule has 2 rings (SSSR count). The van der Waals surface area contributed by atoms with Crippen LogP contribution in [0, 0.1) is 5.92 Å². The Kier molecular flexibility index (Phi) is 3.67. The van der Waals surface area contributed by atoms with Crippen LogP contribution < -0.4 is 4.74 Å². The Bertz CT molecular complexity index is 397. The summed E-state index contributed by atoms with van der Waals surface area (Å²) in [6, 6.07) is 8.06. The maximum Gasteiger partial charge on any atom is 0.118 e. The molecule has 1 aliphatic rings. The first-order valence-corrected chi connectivity index (χ1v) is 6.11. The summed E-state index contributed by atoms with van der Waals surface area (Å²) in [6.07, 6.45) is 3.21. The molecule has 0 aliphatic heterocycles. The molecule has 17 heavy (non-hydrogen) atoms. The van der Waals surface area contributed by atoms with Crippen LogP contribution in [-0.2, 0) is 0 Å². The number of oxime groups is 1. The van der Waals surface area contributed by atoms with Crippen molar-refractivity contribution in [1.82, 2.24) is 0 Å². The molecule has 1 aromatic carbocycles. The molecule has 0 aromatic heterocycles. The SMILES string of the molecule is COc1ccc([C@H]2/C(=N/O)CCC[C@H]2C)cc1. The Morgan fingerprint density at radius 2 is 2.00 bits per heavy atom. The molecule has 92 valence electrons. The Balaban J connectivity index is 2.28. The summed E-state index contributed by atoms with van der Waals surface area (Å²) < 4.78 is 5.16. The smallest absolute Gasteiger partial charge is 0.118 e. The van der Waals surface area contributed by atoms with Crippen molar-refractivity contribution in [3.05, 3.63) is 29.8 Å². The van der Waals surface area contributed by atoms with E-state index in [9.17, 15) is 0 Å². The van der Waals surface area contributed by atoms with Crippen LogP contribution in [0.2, 0.25) is 0 Å². The molecule has 3 heteroatoms. The Morgan fingerprint density at radius 1 is 1.29 bits per heavy atom. The zero-order valence-electron chi connectivity index (χ0n) is 10.4. The third kappa shape index (κ3) is 2.43. The van der Waals surface area contributed by atoms with Gasteiger partial charge >= 0.3 is 0 Å². The summed E-state index contributed by atoms with van der Waals surface area (Å²) in [5, 5.41) is 12.6. The lowest BCUT2D eigenvalue weighted by atomic mass is 9.75. The molecule has 0 unspecified atom stereocenters. The van der Waals surface area contributed by atoms with Crippen LogP contribution in [0.3, 0.4) is 0 Å². The number of benzene rings is 1. The topological polar surface area (TPSA) is 41.8 Å². The maximum absolute atomic E-state index is 9.10. The highest BCUT2D eigenvalue weighted by molar-refractivity contribution is 5.91. The highest BCUT2D eigenvalue weighted by Crippen LogP contribution is 2.36. The van der Waals surface area contributed by atoms with Crippen molar-refractivity contribution in [1.29, 1.82) is 0 Å². The minimum atomic E-state index is 0.250. The van der Waals surface area contributed by atoms with E-state index in [4.69, 9.17) is 9.94 Å². The second kappa shape index (κ2) is 5.21. The fourth-order valence-corrected chi connectivity index (χ4v) is 2.70. The largest absolute Gasteiger partial charge is 0.497 e. The van der Waals surface area contributed by atoms with Crippen LogP contribution in [0.15, 0.2) is 29.4 Å². The number of nitrogens with zero attached hydrogens (tertiary/aromatic N) is 1. The van der Waals surface area contributed by atoms with E-state index in [2.05, 4.69) is 24.2 Å². The zero-order valence-corrected chi connectivity index (χ0v) is 10.4. The standard InChI is InChI=1S/C14H19NO2/c1-10-4-3-5-13(15-16)14(10)11-6-8-12(17-2)9-7-11/h6-10,14,16H,3-5H2,1-2H3/b15-13+/t10-,14+/m1/s1. The predicted molar refractivity (Wildman–Crippen MR) is 68.0 cm³/mol. The maximum atomic E-state index is 9.10. The molecule has 1 aliphatic carbocycles. The molecule has 3 nitrogen and oxygen atoms in total. The van der Waals surface area contributed by atoms with Gasteiger partial charge in [0, 0.05) is 5.92 Å². The minimum absolute atomic E-state index is 0.250. The van der Waals surface area contributed by atoms with Gasteiger partial charge in [0.05, 0.1) is 12.8 Å². The summed E-state index contributed by atoms with van der Waals surface area (Å²) in [5.41, 5.74) is 2.12. The number of methoxy groups -OCH3 is 1. The van der Waals surface area contributed by atoms with Gasteiger partial charge in [0.15, 0.2) is 0 Å². The molecular formula is C14H19NO2. The molecule has 1 saturated carbocycles. The zero-order chi connectivity index (χ0) is 12.3. The Labute approximate surface area is 102 Å². The first kappa shape index (κ1) is 12.0. The molecule has 0 saturated heterocycles. The van der Waals surface area contributed by atoms with Crippen LogP contribution in [0.5, 0.6) is 5.75 Å². The van der Waals surface area contributed by atoms with Gasteiger partial charge in [-0.1, -0.05) is 24.2 Å². The monoisotopic (exact) mass is 233 g/mol. The third-order valence-corrected chi connectivity index (χ3v) is 3.62. The van der Waals surface area contributed by atoms with Crippen LogP contribution in [-0.4, -0.2) is 18.0 Å². The van der Waals surface area contributed by atoms with Crippen LogP contribution in [0.4, 0.5) is 0 Å². The summed E-state index contributed by atoms with van der Waals surface area (Å²) in [6.45, 7) is 2.22. The van der Waals surface area contributed by atoms with E-state index in [0.29, 0.717) is 5.92 Å². The third-order valence-electron chi connectivity index (χ3n) is 3.62. The number of hydrogen-bond acceptors (Lipinski definition) is 3. The van der Waals surface area contributed by atoms with Crippen molar-refractivity contribution in [2.45, 2.75) is 32.1 Å². The molecule has 1 N–H and O–H groups in total. The molecule has 0 amide bonds. The van der Waals surface area contributed by atoms with Crippen LogP contribution >= 0.6 is 0 Å². The average Bonchev–Trinajstić information content (AvgIpc) is 2.38. The Morgan fingerprint density at radius 3 is 2.59 bits per heavy atom. The molecule has 0 bridgehead atoms. The van der Waals surface area contributed by atoms with Crippen molar-refractivity contribution in [3.8, 4) is 5.75 Å². The highest BCUT2D eigenvalue weighted by atomic mass is 16.5. The lowest BCUT2D eigenvalue weighted by molar-refractivity contribution is 0.307. The lowest BCUT2D eigenvalue weighted by Gasteiger charge is -2.29. The van der Waals surface area contributed by atoms with Gasteiger partial charge in [0.25, 0.3) is 0 Å². The highest BCUT2D eigenvalue weighted by Gasteiger charge is 2.28. The first-order valence-electron chi connectivity index (χ1n) is 6.11. The van der Waals surface area contributed by atoms with Gasteiger partial charge in [-0.25, -0.2) is 0 Å². The Hall–Kier alpha value is -1.51. The first-order chi connectivity index (χ1) is 8.26. The van der Waals surface area contributed by atoms with Crippen molar-refractivity contribution in [2.75, 3.05) is 7.11 Å². The van der Waals surface area contributed by atoms with Gasteiger partial charge in [-0.3, -0.25) is 0 Å². The quantitative estimate of drug-likeness (QED) is 0.628. The average molecular weight is 233 g/mol. The molecule has 2 atom stereocenters. The number of rotatable bonds is 2. The minimum Gasteiger partial charge on any atom is -0.497 e. The summed E-state index contributed by atoms with van der Waals surface area (Å²) in [7, 11) is 1.67. The fraction of sp³-hybridized carbons (Fsp3) is 0.500. The molecule has 0 spiro atoms. The molecule has 0 heterocycles. The van der Waals surface area contributed by atoms with Crippen LogP contribution in [0.25, 0.3) is 0 Å². The van der Waals surface area contributed by atoms with Crippen molar-refractivity contribution >= 4 is 5.71 Å². The van der Waals surface area contributed by atoms with E-state index >= 15 is 0 Å². The number of ether oxygens (including phenoxy) is 1. The van der Waals surface area contributed by atoms with Crippen LogP contribution in [0.1, 0.15) is 37.7 Å². The van der Waals surface area contributed by atoms with Crippen molar-refractivity contribution in [2.24, 2.45) is 11.1 Å². The van der Waals surface area contributed by atoms with E-state index in [-0.39, 0.29) is 5.92 Å². The lowest BCUT2D eigenvalue weighted by Crippen LogP contribution is -2.24. The van der Waals surface area contributed by atoms with Gasteiger partial charge in [-0.2, -0.15) is 0 Å². The summed E-state index contributed by atoms with van der Waals surface area (Å²) in [5.74, 6) is 1.64. The molecular weight excluding hydrogens is 214 g/mol. The predicted octanol–water partition coefficient (Wildman–Crippen LogP) is 3.43. The fourth-order valence-electron chi connectivity index (χ4n) is 2.70. The van der Waals surface area contributed by atoms with Gasteiger partial charge in [0.2, 0.25) is 0 Å². The van der Waals surface area contributed by atoms with E-state index < -0.39 is 0 Å². The molecule has 1 aromatic rings. The summed E-state index contributed by atoms with van der Waals surface area (Å²) in [4.78, 5) is 0. The molecule has 1 fully saturated rings. The van der Waals surface area contributed by atoms with Gasteiger partial charge in [-0.05, 0) is 42.9 Å². The van der Waals surface area contributed by atoms with Gasteiger partial charge in [0.1, 0.15) is 5.75 Å².